The molecule has 1 aromatic carbocycles. The number of anilines is 1. The van der Waals surface area contributed by atoms with Gasteiger partial charge in [-0.1, -0.05) is 0 Å². The lowest BCUT2D eigenvalue weighted by atomic mass is 9.98. The van der Waals surface area contributed by atoms with Gasteiger partial charge in [-0.05, 0) is 24.8 Å². The average Bonchev–Trinajstić information content (AvgIpc) is 2.46. The molecule has 2 rings (SSSR count). The molecule has 20 heavy (non-hydrogen) atoms. The molecule has 8 heteroatoms. The normalized spacial score (nSPS) is 18.9. The summed E-state index contributed by atoms with van der Waals surface area (Å²) in [5, 5.41) is 31.0. The van der Waals surface area contributed by atoms with Gasteiger partial charge in [0.1, 0.15) is 5.69 Å². The fourth-order valence-electron chi connectivity index (χ4n) is 2.47. The second-order valence-electron chi connectivity index (χ2n) is 4.82. The van der Waals surface area contributed by atoms with Crippen LogP contribution in [-0.4, -0.2) is 34.6 Å². The Morgan fingerprint density at radius 2 is 2.05 bits per heavy atom. The Labute approximate surface area is 114 Å². The van der Waals surface area contributed by atoms with Crippen molar-refractivity contribution < 1.29 is 15.0 Å². The van der Waals surface area contributed by atoms with Gasteiger partial charge in [0.15, 0.2) is 0 Å². The van der Waals surface area contributed by atoms with Crippen LogP contribution in [-0.2, 0) is 0 Å². The second-order valence-corrected chi connectivity index (χ2v) is 4.82. The van der Waals surface area contributed by atoms with Crippen molar-refractivity contribution in [2.45, 2.75) is 12.8 Å². The molecule has 1 saturated heterocycles. The highest BCUT2D eigenvalue weighted by Gasteiger charge is 2.27. The summed E-state index contributed by atoms with van der Waals surface area (Å²) >= 11 is 0. The Bertz CT molecular complexity index is 534. The minimum absolute atomic E-state index is 0.0390. The Kier molecular flexibility index (Phi) is 4.14. The third-order valence-electron chi connectivity index (χ3n) is 3.48. The first-order valence-electron chi connectivity index (χ1n) is 6.31. The number of nitrogens with zero attached hydrogens (tertiary/aromatic N) is 3. The van der Waals surface area contributed by atoms with Gasteiger partial charge in [0, 0.05) is 25.8 Å². The number of rotatable bonds is 4. The van der Waals surface area contributed by atoms with E-state index in [0.717, 1.165) is 18.9 Å². The Morgan fingerprint density at radius 3 is 2.65 bits per heavy atom. The van der Waals surface area contributed by atoms with Crippen LogP contribution in [0.3, 0.4) is 0 Å². The smallest absolute Gasteiger partial charge is 0.299 e. The number of benzene rings is 1. The molecule has 108 valence electrons. The fourth-order valence-corrected chi connectivity index (χ4v) is 2.47. The van der Waals surface area contributed by atoms with E-state index in [9.17, 15) is 25.3 Å². The second kappa shape index (κ2) is 5.83. The predicted octanol–water partition coefficient (Wildman–Crippen LogP) is 1.71. The van der Waals surface area contributed by atoms with Crippen molar-refractivity contribution in [3.63, 3.8) is 0 Å². The molecule has 1 aliphatic rings. The summed E-state index contributed by atoms with van der Waals surface area (Å²) in [6, 6.07) is 3.67. The van der Waals surface area contributed by atoms with Crippen molar-refractivity contribution in [1.29, 1.82) is 0 Å². The lowest BCUT2D eigenvalue weighted by molar-refractivity contribution is -0.393. The molecule has 0 amide bonds. The van der Waals surface area contributed by atoms with Crippen LogP contribution in [0.4, 0.5) is 17.1 Å². The van der Waals surface area contributed by atoms with Crippen molar-refractivity contribution >= 4 is 17.1 Å². The van der Waals surface area contributed by atoms with Gasteiger partial charge in [-0.2, -0.15) is 0 Å². The van der Waals surface area contributed by atoms with E-state index in [1.807, 2.05) is 4.90 Å². The van der Waals surface area contributed by atoms with E-state index in [2.05, 4.69) is 0 Å². The summed E-state index contributed by atoms with van der Waals surface area (Å²) in [5.74, 6) is 0.0820. The summed E-state index contributed by atoms with van der Waals surface area (Å²) in [6.45, 7) is 1.21. The van der Waals surface area contributed by atoms with Crippen molar-refractivity contribution in [3.05, 3.63) is 38.4 Å². The van der Waals surface area contributed by atoms with E-state index in [0.29, 0.717) is 18.8 Å². The zero-order valence-electron chi connectivity index (χ0n) is 10.8. The fraction of sp³-hybridized carbons (Fsp3) is 0.500. The number of hydrogen-bond acceptors (Lipinski definition) is 6. The number of nitro benzene ring substituents is 2. The predicted molar refractivity (Wildman–Crippen MR) is 71.8 cm³/mol. The number of aliphatic hydroxyl groups excluding tert-OH is 1. The molecule has 0 aliphatic carbocycles. The molecule has 0 radical (unpaired) electrons. The van der Waals surface area contributed by atoms with E-state index in [4.69, 9.17) is 0 Å². The molecule has 8 nitrogen and oxygen atoms in total. The van der Waals surface area contributed by atoms with Gasteiger partial charge in [-0.3, -0.25) is 20.2 Å². The van der Waals surface area contributed by atoms with Gasteiger partial charge < -0.3 is 10.0 Å². The minimum atomic E-state index is -0.649. The average molecular weight is 281 g/mol. The third-order valence-corrected chi connectivity index (χ3v) is 3.48. The summed E-state index contributed by atoms with van der Waals surface area (Å²) in [4.78, 5) is 22.4. The van der Waals surface area contributed by atoms with Gasteiger partial charge in [0.25, 0.3) is 11.4 Å². The summed E-state index contributed by atoms with van der Waals surface area (Å²) < 4.78 is 0. The van der Waals surface area contributed by atoms with Gasteiger partial charge in [0.05, 0.1) is 15.9 Å². The van der Waals surface area contributed by atoms with Crippen molar-refractivity contribution in [3.8, 4) is 0 Å². The SMILES string of the molecule is O=[N+]([O-])c1ccc(N2CCCC(CO)C2)c([N+](=O)[O-])c1. The lowest BCUT2D eigenvalue weighted by Crippen LogP contribution is -2.37. The molecule has 1 unspecified atom stereocenters. The van der Waals surface area contributed by atoms with Gasteiger partial charge in [-0.15, -0.1) is 0 Å². The summed E-state index contributed by atoms with van der Waals surface area (Å²) in [5.41, 5.74) is -0.187. The van der Waals surface area contributed by atoms with Crippen LogP contribution in [0, 0.1) is 26.1 Å². The van der Waals surface area contributed by atoms with Gasteiger partial charge >= 0.3 is 0 Å². The maximum atomic E-state index is 11.1. The van der Waals surface area contributed by atoms with Gasteiger partial charge in [0.2, 0.25) is 0 Å². The molecule has 0 spiro atoms. The first-order valence-corrected chi connectivity index (χ1v) is 6.31. The number of piperidine rings is 1. The summed E-state index contributed by atoms with van der Waals surface area (Å²) in [6.07, 6.45) is 1.72. The molecular weight excluding hydrogens is 266 g/mol. The number of nitro groups is 2. The van der Waals surface area contributed by atoms with Crippen molar-refractivity contribution in [2.24, 2.45) is 5.92 Å². The maximum Gasteiger partial charge on any atom is 0.299 e. The standard InChI is InChI=1S/C12H15N3O5/c16-8-9-2-1-5-13(7-9)11-4-3-10(14(17)18)6-12(11)15(19)20/h3-4,6,9,16H,1-2,5,7-8H2. The minimum Gasteiger partial charge on any atom is -0.396 e. The van der Waals surface area contributed by atoms with Crippen LogP contribution in [0.25, 0.3) is 0 Å². The largest absolute Gasteiger partial charge is 0.396 e. The monoisotopic (exact) mass is 281 g/mol. The Morgan fingerprint density at radius 1 is 1.30 bits per heavy atom. The van der Waals surface area contributed by atoms with Crippen LogP contribution in [0.15, 0.2) is 18.2 Å². The number of aliphatic hydroxyl groups is 1. The number of hydrogen-bond donors (Lipinski definition) is 1. The molecule has 0 aromatic heterocycles. The van der Waals surface area contributed by atoms with E-state index in [1.54, 1.807) is 0 Å². The first-order chi connectivity index (χ1) is 9.52. The van der Waals surface area contributed by atoms with Crippen LogP contribution in [0.2, 0.25) is 0 Å². The van der Waals surface area contributed by atoms with Crippen LogP contribution in [0.1, 0.15) is 12.8 Å². The van der Waals surface area contributed by atoms with Crippen LogP contribution < -0.4 is 4.90 Å². The van der Waals surface area contributed by atoms with E-state index in [1.165, 1.54) is 12.1 Å². The number of non-ortho nitro benzene ring substituents is 1. The summed E-state index contributed by atoms with van der Waals surface area (Å²) in [7, 11) is 0. The molecule has 0 bridgehead atoms. The maximum absolute atomic E-state index is 11.1. The van der Waals surface area contributed by atoms with Crippen LogP contribution >= 0.6 is 0 Å². The Balaban J connectivity index is 2.35. The highest BCUT2D eigenvalue weighted by molar-refractivity contribution is 5.67. The van der Waals surface area contributed by atoms with Crippen molar-refractivity contribution in [2.75, 3.05) is 24.6 Å². The van der Waals surface area contributed by atoms with E-state index >= 15 is 0 Å². The topological polar surface area (TPSA) is 110 Å². The molecule has 1 atom stereocenters. The van der Waals surface area contributed by atoms with Crippen LogP contribution in [0.5, 0.6) is 0 Å². The van der Waals surface area contributed by atoms with E-state index in [-0.39, 0.29) is 23.9 Å². The highest BCUT2D eigenvalue weighted by Crippen LogP contribution is 2.34. The molecule has 1 aliphatic heterocycles. The quantitative estimate of drug-likeness (QED) is 0.664. The molecule has 0 saturated carbocycles. The lowest BCUT2D eigenvalue weighted by Gasteiger charge is -2.33. The van der Waals surface area contributed by atoms with Crippen molar-refractivity contribution in [1.82, 2.24) is 0 Å². The van der Waals surface area contributed by atoms with Gasteiger partial charge in [-0.25, -0.2) is 0 Å². The highest BCUT2D eigenvalue weighted by atomic mass is 16.6. The molecule has 1 N–H and O–H groups in total. The third kappa shape index (κ3) is 2.85. The molecular formula is C12H15N3O5. The molecule has 1 fully saturated rings. The zero-order chi connectivity index (χ0) is 14.7. The Hall–Kier alpha value is -2.22. The molecule has 1 heterocycles. The molecule has 1 aromatic rings. The zero-order valence-corrected chi connectivity index (χ0v) is 10.8. The first kappa shape index (κ1) is 14.2. The van der Waals surface area contributed by atoms with E-state index < -0.39 is 9.85 Å².